The number of fused-ring (bicyclic) bond motifs is 1. The summed E-state index contributed by atoms with van der Waals surface area (Å²) in [6.45, 7) is 3.62. The average Bonchev–Trinajstić information content (AvgIpc) is 2.79. The first kappa shape index (κ1) is 8.30. The van der Waals surface area contributed by atoms with Crippen molar-refractivity contribution in [3.05, 3.63) is 30.3 Å². The number of hydrogen-bond donors (Lipinski definition) is 1. The molecule has 0 aromatic heterocycles. The molecule has 0 amide bonds. The van der Waals surface area contributed by atoms with Gasteiger partial charge in [0.2, 0.25) is 0 Å². The number of nitrogens with one attached hydrogen (secondary N) is 1. The largest absolute Gasteiger partial charge is 0.367 e. The molecular weight excluding hydrogens is 172 g/mol. The lowest BCUT2D eigenvalue weighted by Crippen LogP contribution is -2.33. The van der Waals surface area contributed by atoms with Crippen LogP contribution in [0.1, 0.15) is 6.42 Å². The Morgan fingerprint density at radius 2 is 2.00 bits per heavy atom. The van der Waals surface area contributed by atoms with E-state index in [1.54, 1.807) is 0 Å². The molecule has 2 aliphatic heterocycles. The SMILES string of the molecule is c1ccc(N2CCC3CNCC32)cc1. The highest BCUT2D eigenvalue weighted by atomic mass is 15.2. The van der Waals surface area contributed by atoms with Gasteiger partial charge in [-0.2, -0.15) is 0 Å². The summed E-state index contributed by atoms with van der Waals surface area (Å²) >= 11 is 0. The fourth-order valence-electron chi connectivity index (χ4n) is 2.79. The van der Waals surface area contributed by atoms with E-state index in [4.69, 9.17) is 0 Å². The van der Waals surface area contributed by atoms with Crippen LogP contribution in [0.2, 0.25) is 0 Å². The zero-order valence-electron chi connectivity index (χ0n) is 8.32. The number of anilines is 1. The van der Waals surface area contributed by atoms with Crippen molar-refractivity contribution in [2.45, 2.75) is 12.5 Å². The van der Waals surface area contributed by atoms with E-state index >= 15 is 0 Å². The Kier molecular flexibility index (Phi) is 1.95. The molecule has 2 aliphatic rings. The highest BCUT2D eigenvalue weighted by Crippen LogP contribution is 2.31. The van der Waals surface area contributed by atoms with E-state index in [9.17, 15) is 0 Å². The molecule has 0 aliphatic carbocycles. The molecule has 2 saturated heterocycles. The Morgan fingerprint density at radius 1 is 1.14 bits per heavy atom. The maximum absolute atomic E-state index is 3.48. The van der Waals surface area contributed by atoms with Gasteiger partial charge in [0.1, 0.15) is 0 Å². The smallest absolute Gasteiger partial charge is 0.0455 e. The van der Waals surface area contributed by atoms with Crippen molar-refractivity contribution in [3.8, 4) is 0 Å². The maximum Gasteiger partial charge on any atom is 0.0455 e. The Balaban J connectivity index is 1.86. The third kappa shape index (κ3) is 1.22. The molecule has 2 heteroatoms. The summed E-state index contributed by atoms with van der Waals surface area (Å²) < 4.78 is 0. The van der Waals surface area contributed by atoms with Gasteiger partial charge in [0, 0.05) is 31.4 Å². The normalized spacial score (nSPS) is 30.7. The Morgan fingerprint density at radius 3 is 2.86 bits per heavy atom. The summed E-state index contributed by atoms with van der Waals surface area (Å²) in [5.74, 6) is 0.884. The third-order valence-corrected chi connectivity index (χ3v) is 3.53. The minimum atomic E-state index is 0.748. The van der Waals surface area contributed by atoms with Crippen LogP contribution in [0.25, 0.3) is 0 Å². The Labute approximate surface area is 84.9 Å². The second-order valence-electron chi connectivity index (χ2n) is 4.30. The number of hydrogen-bond acceptors (Lipinski definition) is 2. The molecule has 2 nitrogen and oxygen atoms in total. The zero-order chi connectivity index (χ0) is 9.38. The maximum atomic E-state index is 3.48. The molecular formula is C12H16N2. The molecule has 2 atom stereocenters. The molecule has 0 spiro atoms. The van der Waals surface area contributed by atoms with Gasteiger partial charge in [-0.25, -0.2) is 0 Å². The van der Waals surface area contributed by atoms with Crippen molar-refractivity contribution in [2.24, 2.45) is 5.92 Å². The standard InChI is InChI=1S/C12H16N2/c1-2-4-11(5-3-1)14-7-6-10-8-13-9-12(10)14/h1-5,10,12-13H,6-9H2. The van der Waals surface area contributed by atoms with E-state index < -0.39 is 0 Å². The van der Waals surface area contributed by atoms with Gasteiger partial charge < -0.3 is 10.2 Å². The molecule has 0 saturated carbocycles. The van der Waals surface area contributed by atoms with Gasteiger partial charge in [-0.3, -0.25) is 0 Å². The molecule has 1 N–H and O–H groups in total. The van der Waals surface area contributed by atoms with Crippen LogP contribution in [-0.2, 0) is 0 Å². The minimum Gasteiger partial charge on any atom is -0.367 e. The number of benzene rings is 1. The van der Waals surface area contributed by atoms with Gasteiger partial charge in [0.25, 0.3) is 0 Å². The van der Waals surface area contributed by atoms with Crippen molar-refractivity contribution >= 4 is 5.69 Å². The highest BCUT2D eigenvalue weighted by molar-refractivity contribution is 5.48. The van der Waals surface area contributed by atoms with Crippen molar-refractivity contribution in [1.29, 1.82) is 0 Å². The van der Waals surface area contributed by atoms with E-state index in [0.29, 0.717) is 0 Å². The first-order valence-corrected chi connectivity index (χ1v) is 5.47. The van der Waals surface area contributed by atoms with Gasteiger partial charge >= 0.3 is 0 Å². The topological polar surface area (TPSA) is 15.3 Å². The molecule has 1 aromatic rings. The van der Waals surface area contributed by atoms with Crippen LogP contribution in [0.15, 0.2) is 30.3 Å². The zero-order valence-corrected chi connectivity index (χ0v) is 8.32. The summed E-state index contributed by atoms with van der Waals surface area (Å²) in [5.41, 5.74) is 1.39. The Hall–Kier alpha value is -1.02. The average molecular weight is 188 g/mol. The van der Waals surface area contributed by atoms with E-state index in [-0.39, 0.29) is 0 Å². The van der Waals surface area contributed by atoms with Crippen LogP contribution >= 0.6 is 0 Å². The first-order valence-electron chi connectivity index (χ1n) is 5.47. The van der Waals surface area contributed by atoms with Crippen LogP contribution in [0.4, 0.5) is 5.69 Å². The van der Waals surface area contributed by atoms with Crippen LogP contribution in [0, 0.1) is 5.92 Å². The van der Waals surface area contributed by atoms with Crippen LogP contribution in [0.5, 0.6) is 0 Å². The predicted octanol–water partition coefficient (Wildman–Crippen LogP) is 1.48. The number of rotatable bonds is 1. The van der Waals surface area contributed by atoms with Crippen LogP contribution in [-0.4, -0.2) is 25.7 Å². The molecule has 2 fully saturated rings. The van der Waals surface area contributed by atoms with E-state index in [1.807, 2.05) is 0 Å². The number of nitrogens with zero attached hydrogens (tertiary/aromatic N) is 1. The van der Waals surface area contributed by atoms with E-state index in [0.717, 1.165) is 12.0 Å². The van der Waals surface area contributed by atoms with Crippen molar-refractivity contribution in [3.63, 3.8) is 0 Å². The molecule has 1 aromatic carbocycles. The van der Waals surface area contributed by atoms with Gasteiger partial charge in [-0.15, -0.1) is 0 Å². The van der Waals surface area contributed by atoms with Gasteiger partial charge in [0.05, 0.1) is 0 Å². The van der Waals surface area contributed by atoms with Crippen LogP contribution in [0.3, 0.4) is 0 Å². The lowest BCUT2D eigenvalue weighted by Gasteiger charge is -2.25. The van der Waals surface area contributed by atoms with Crippen LogP contribution < -0.4 is 10.2 Å². The monoisotopic (exact) mass is 188 g/mol. The molecule has 74 valence electrons. The summed E-state index contributed by atoms with van der Waals surface area (Å²) in [5, 5.41) is 3.48. The van der Waals surface area contributed by atoms with E-state index in [1.165, 1.54) is 31.7 Å². The molecule has 2 heterocycles. The summed E-state index contributed by atoms with van der Waals surface area (Å²) in [6, 6.07) is 11.5. The number of para-hydroxylation sites is 1. The molecule has 14 heavy (non-hydrogen) atoms. The van der Waals surface area contributed by atoms with Gasteiger partial charge in [0.15, 0.2) is 0 Å². The molecule has 3 rings (SSSR count). The first-order chi connectivity index (χ1) is 6.95. The van der Waals surface area contributed by atoms with Crippen molar-refractivity contribution in [2.75, 3.05) is 24.5 Å². The quantitative estimate of drug-likeness (QED) is 0.718. The highest BCUT2D eigenvalue weighted by Gasteiger charge is 2.37. The summed E-state index contributed by atoms with van der Waals surface area (Å²) in [6.07, 6.45) is 1.35. The second-order valence-corrected chi connectivity index (χ2v) is 4.30. The summed E-state index contributed by atoms with van der Waals surface area (Å²) in [4.78, 5) is 2.56. The van der Waals surface area contributed by atoms with Gasteiger partial charge in [-0.05, 0) is 24.5 Å². The molecule has 2 unspecified atom stereocenters. The van der Waals surface area contributed by atoms with Gasteiger partial charge in [-0.1, -0.05) is 18.2 Å². The summed E-state index contributed by atoms with van der Waals surface area (Å²) in [7, 11) is 0. The molecule has 0 radical (unpaired) electrons. The fraction of sp³-hybridized carbons (Fsp3) is 0.500. The van der Waals surface area contributed by atoms with Crippen molar-refractivity contribution < 1.29 is 0 Å². The van der Waals surface area contributed by atoms with Crippen molar-refractivity contribution in [1.82, 2.24) is 5.32 Å². The fourth-order valence-corrected chi connectivity index (χ4v) is 2.79. The lowest BCUT2D eigenvalue weighted by atomic mass is 10.1. The predicted molar refractivity (Wildman–Crippen MR) is 58.6 cm³/mol. The third-order valence-electron chi connectivity index (χ3n) is 3.53. The Bertz CT molecular complexity index is 309. The minimum absolute atomic E-state index is 0.748. The van der Waals surface area contributed by atoms with E-state index in [2.05, 4.69) is 40.5 Å². The second kappa shape index (κ2) is 3.28. The lowest BCUT2D eigenvalue weighted by molar-refractivity contribution is 0.579. The molecule has 0 bridgehead atoms.